The monoisotopic (exact) mass is 462 g/mol. The van der Waals surface area contributed by atoms with Crippen LogP contribution in [0.25, 0.3) is 5.69 Å². The number of nitrogens with zero attached hydrogens (tertiary/aromatic N) is 3. The largest absolute Gasteiger partial charge is 0.465 e. The van der Waals surface area contributed by atoms with Gasteiger partial charge < -0.3 is 19.5 Å². The summed E-state index contributed by atoms with van der Waals surface area (Å²) in [5, 5.41) is 3.94. The fourth-order valence-corrected chi connectivity index (χ4v) is 4.98. The van der Waals surface area contributed by atoms with E-state index >= 15 is 0 Å². The number of pyridine rings is 1. The van der Waals surface area contributed by atoms with Gasteiger partial charge in [0, 0.05) is 23.3 Å². The molecule has 2 atom stereocenters. The lowest BCUT2D eigenvalue weighted by Gasteiger charge is -2.27. The van der Waals surface area contributed by atoms with Crippen LogP contribution in [0.5, 0.6) is 0 Å². The van der Waals surface area contributed by atoms with E-state index in [9.17, 15) is 4.79 Å². The van der Waals surface area contributed by atoms with E-state index in [0.717, 1.165) is 28.3 Å². The van der Waals surface area contributed by atoms with Gasteiger partial charge in [-0.2, -0.15) is 0 Å². The number of ether oxygens (including phenoxy) is 1. The van der Waals surface area contributed by atoms with Crippen LogP contribution in [0.1, 0.15) is 52.8 Å². The van der Waals surface area contributed by atoms with Crippen molar-refractivity contribution >= 4 is 23.3 Å². The maximum absolute atomic E-state index is 12.5. The first-order chi connectivity index (χ1) is 15.8. The predicted molar refractivity (Wildman–Crippen MR) is 134 cm³/mol. The Labute approximate surface area is 200 Å². The molecule has 0 radical (unpaired) electrons. The van der Waals surface area contributed by atoms with Crippen molar-refractivity contribution in [3.05, 3.63) is 82.4 Å². The van der Waals surface area contributed by atoms with Crippen molar-refractivity contribution in [1.29, 1.82) is 0 Å². The Morgan fingerprint density at radius 3 is 2.64 bits per heavy atom. The molecule has 3 aromatic rings. The van der Waals surface area contributed by atoms with Crippen molar-refractivity contribution in [2.45, 2.75) is 46.7 Å². The van der Waals surface area contributed by atoms with Gasteiger partial charge in [0.05, 0.1) is 24.4 Å². The zero-order chi connectivity index (χ0) is 23.7. The molecule has 1 aliphatic heterocycles. The Hall–Kier alpha value is -3.19. The SMILES string of the molecule is CCOC(=O)CN1C(=S)N[C@@H](c2ccccn2)[C@H]1c1cc(C)n(-c2cc(C)ccc2C)c1C. The lowest BCUT2D eigenvalue weighted by atomic mass is 9.96. The van der Waals surface area contributed by atoms with E-state index in [1.807, 2.05) is 30.0 Å². The molecule has 1 N–H and O–H groups in total. The fourth-order valence-electron chi connectivity index (χ4n) is 4.68. The van der Waals surface area contributed by atoms with Crippen LogP contribution in [0.15, 0.2) is 48.7 Å². The zero-order valence-corrected chi connectivity index (χ0v) is 20.6. The molecule has 7 heteroatoms. The third kappa shape index (κ3) is 4.37. The fraction of sp³-hybridized carbons (Fsp3) is 0.346. The third-order valence-corrected chi connectivity index (χ3v) is 6.55. The van der Waals surface area contributed by atoms with Gasteiger partial charge in [0.2, 0.25) is 0 Å². The molecule has 172 valence electrons. The van der Waals surface area contributed by atoms with Gasteiger partial charge in [-0.05, 0) is 87.8 Å². The number of esters is 1. The highest BCUT2D eigenvalue weighted by Crippen LogP contribution is 2.41. The molecule has 33 heavy (non-hydrogen) atoms. The van der Waals surface area contributed by atoms with Gasteiger partial charge in [0.15, 0.2) is 5.11 Å². The van der Waals surface area contributed by atoms with Gasteiger partial charge in [-0.15, -0.1) is 0 Å². The number of hydrogen-bond donors (Lipinski definition) is 1. The van der Waals surface area contributed by atoms with Crippen molar-refractivity contribution in [2.75, 3.05) is 13.2 Å². The summed E-state index contributed by atoms with van der Waals surface area (Å²) in [5.41, 5.74) is 7.82. The number of aryl methyl sites for hydroxylation is 3. The molecule has 0 aliphatic carbocycles. The van der Waals surface area contributed by atoms with E-state index in [-0.39, 0.29) is 24.6 Å². The van der Waals surface area contributed by atoms with Gasteiger partial charge in [-0.25, -0.2) is 0 Å². The number of carbonyl (C=O) groups is 1. The van der Waals surface area contributed by atoms with Crippen molar-refractivity contribution in [3.8, 4) is 5.69 Å². The van der Waals surface area contributed by atoms with Crippen LogP contribution in [0, 0.1) is 27.7 Å². The van der Waals surface area contributed by atoms with Crippen LogP contribution in [0.4, 0.5) is 0 Å². The van der Waals surface area contributed by atoms with Gasteiger partial charge >= 0.3 is 5.97 Å². The van der Waals surface area contributed by atoms with Crippen LogP contribution in [-0.2, 0) is 9.53 Å². The maximum atomic E-state index is 12.5. The Morgan fingerprint density at radius 1 is 1.15 bits per heavy atom. The molecule has 3 heterocycles. The molecule has 0 saturated carbocycles. The second-order valence-corrected chi connectivity index (χ2v) is 8.90. The molecule has 1 aliphatic rings. The first-order valence-corrected chi connectivity index (χ1v) is 11.6. The summed E-state index contributed by atoms with van der Waals surface area (Å²) in [6.07, 6.45) is 1.78. The highest BCUT2D eigenvalue weighted by atomic mass is 32.1. The topological polar surface area (TPSA) is 59.4 Å². The number of thiocarbonyl (C=S) groups is 1. The van der Waals surface area contributed by atoms with Gasteiger partial charge in [-0.1, -0.05) is 18.2 Å². The number of aromatic nitrogens is 2. The second-order valence-electron chi connectivity index (χ2n) is 8.51. The highest BCUT2D eigenvalue weighted by molar-refractivity contribution is 7.80. The summed E-state index contributed by atoms with van der Waals surface area (Å²) in [5.74, 6) is -0.295. The standard InChI is InChI=1S/C26H30N4O2S/c1-6-32-23(31)15-29-25(24(28-26(29)33)21-9-7-8-12-27-21)20-14-18(4)30(19(20)5)22-13-16(2)10-11-17(22)3/h7-14,24-25H,6,15H2,1-5H3,(H,28,33)/t24-,25+/m0/s1. The second kappa shape index (κ2) is 9.35. The van der Waals surface area contributed by atoms with Gasteiger partial charge in [0.1, 0.15) is 6.54 Å². The van der Waals surface area contributed by atoms with E-state index in [4.69, 9.17) is 17.0 Å². The Balaban J connectivity index is 1.84. The summed E-state index contributed by atoms with van der Waals surface area (Å²) in [7, 11) is 0. The van der Waals surface area contributed by atoms with Crippen molar-refractivity contribution in [1.82, 2.24) is 19.8 Å². The summed E-state index contributed by atoms with van der Waals surface area (Å²) in [4.78, 5) is 19.0. The normalized spacial score (nSPS) is 17.8. The Bertz CT molecular complexity index is 1190. The number of hydrogen-bond acceptors (Lipinski definition) is 4. The molecule has 1 fully saturated rings. The molecule has 4 rings (SSSR count). The van der Waals surface area contributed by atoms with Crippen LogP contribution in [0.2, 0.25) is 0 Å². The Kier molecular flexibility index (Phi) is 6.51. The first-order valence-electron chi connectivity index (χ1n) is 11.2. The zero-order valence-electron chi connectivity index (χ0n) is 19.8. The van der Waals surface area contributed by atoms with Gasteiger partial charge in [0.25, 0.3) is 0 Å². The van der Waals surface area contributed by atoms with E-state index < -0.39 is 0 Å². The molecule has 0 amide bonds. The van der Waals surface area contributed by atoms with Crippen LogP contribution in [-0.4, -0.2) is 38.7 Å². The smallest absolute Gasteiger partial charge is 0.325 e. The maximum Gasteiger partial charge on any atom is 0.325 e. The molecule has 0 unspecified atom stereocenters. The minimum absolute atomic E-state index is 0.0841. The van der Waals surface area contributed by atoms with E-state index in [0.29, 0.717) is 11.7 Å². The minimum atomic E-state index is -0.295. The summed E-state index contributed by atoms with van der Waals surface area (Å²) in [6.45, 7) is 10.7. The number of nitrogens with one attached hydrogen (secondary N) is 1. The molecule has 1 saturated heterocycles. The van der Waals surface area contributed by atoms with Crippen molar-refractivity contribution in [2.24, 2.45) is 0 Å². The molecule has 0 spiro atoms. The lowest BCUT2D eigenvalue weighted by Crippen LogP contribution is -2.35. The lowest BCUT2D eigenvalue weighted by molar-refractivity contribution is -0.143. The first kappa shape index (κ1) is 23.0. The average molecular weight is 463 g/mol. The van der Waals surface area contributed by atoms with Gasteiger partial charge in [-0.3, -0.25) is 9.78 Å². The molecular weight excluding hydrogens is 432 g/mol. The summed E-state index contributed by atoms with van der Waals surface area (Å²) >= 11 is 5.68. The number of benzene rings is 1. The summed E-state index contributed by atoms with van der Waals surface area (Å²) < 4.78 is 7.53. The van der Waals surface area contributed by atoms with Crippen molar-refractivity contribution in [3.63, 3.8) is 0 Å². The summed E-state index contributed by atoms with van der Waals surface area (Å²) in [6, 6.07) is 14.2. The third-order valence-electron chi connectivity index (χ3n) is 6.20. The van der Waals surface area contributed by atoms with Crippen molar-refractivity contribution < 1.29 is 9.53 Å². The average Bonchev–Trinajstić information content (AvgIpc) is 3.26. The van der Waals surface area contributed by atoms with Crippen LogP contribution < -0.4 is 5.32 Å². The number of carbonyl (C=O) groups excluding carboxylic acids is 1. The molecule has 6 nitrogen and oxygen atoms in total. The highest BCUT2D eigenvalue weighted by Gasteiger charge is 2.42. The number of rotatable bonds is 6. The molecule has 2 aromatic heterocycles. The quantitative estimate of drug-likeness (QED) is 0.425. The predicted octanol–water partition coefficient (Wildman–Crippen LogP) is 4.64. The van der Waals surface area contributed by atoms with E-state index in [1.54, 1.807) is 6.20 Å². The minimum Gasteiger partial charge on any atom is -0.465 e. The van der Waals surface area contributed by atoms with Crippen LogP contribution in [0.3, 0.4) is 0 Å². The molecule has 1 aromatic carbocycles. The van der Waals surface area contributed by atoms with E-state index in [2.05, 4.69) is 66.8 Å². The molecular formula is C26H30N4O2S. The van der Waals surface area contributed by atoms with Crippen LogP contribution >= 0.6 is 12.2 Å². The molecule has 0 bridgehead atoms. The van der Waals surface area contributed by atoms with E-state index in [1.165, 1.54) is 11.1 Å². The Morgan fingerprint density at radius 2 is 1.94 bits per heavy atom.